The van der Waals surface area contributed by atoms with E-state index in [1.165, 1.54) is 12.1 Å². The van der Waals surface area contributed by atoms with Crippen LogP contribution < -0.4 is 10.2 Å². The maximum atomic E-state index is 12.8. The van der Waals surface area contributed by atoms with Gasteiger partial charge in [0.1, 0.15) is 23.7 Å². The Morgan fingerprint density at radius 3 is 2.48 bits per heavy atom. The number of hydrogen-bond acceptors (Lipinski definition) is 3. The highest BCUT2D eigenvalue weighted by Gasteiger charge is 2.34. The minimum absolute atomic E-state index is 0.0330. The van der Waals surface area contributed by atoms with Crippen LogP contribution in [0.2, 0.25) is 5.02 Å². The monoisotopic (exact) mass is 382 g/mol. The number of ether oxygens (including phenoxy) is 1. The molecule has 0 bridgehead atoms. The Morgan fingerprint density at radius 2 is 1.92 bits per heavy atom. The summed E-state index contributed by atoms with van der Waals surface area (Å²) in [6, 6.07) is 2.99. The highest BCUT2D eigenvalue weighted by Crippen LogP contribution is 2.33. The lowest BCUT2D eigenvalue weighted by molar-refractivity contribution is -0.144. The molecule has 0 saturated heterocycles. The first kappa shape index (κ1) is 19.2. The molecule has 136 valence electrons. The molecule has 0 N–H and O–H groups in total. The Kier molecular flexibility index (Phi) is 5.36. The van der Waals surface area contributed by atoms with E-state index >= 15 is 0 Å². The van der Waals surface area contributed by atoms with E-state index in [2.05, 4.69) is 5.10 Å². The summed E-state index contributed by atoms with van der Waals surface area (Å²) in [6.45, 7) is 0.636. The van der Waals surface area contributed by atoms with E-state index in [9.17, 15) is 26.7 Å². The van der Waals surface area contributed by atoms with Crippen LogP contribution >= 0.6 is 11.6 Å². The maximum absolute atomic E-state index is 12.8. The number of aromatic nitrogens is 2. The Hall–Kier alpha value is -2.16. The van der Waals surface area contributed by atoms with Crippen molar-refractivity contribution < 1.29 is 26.7 Å². The van der Waals surface area contributed by atoms with E-state index < -0.39 is 30.3 Å². The summed E-state index contributed by atoms with van der Waals surface area (Å²) in [4.78, 5) is 12.1. The van der Waals surface area contributed by atoms with Crippen LogP contribution in [0, 0.1) is 6.92 Å². The second kappa shape index (κ2) is 6.99. The van der Waals surface area contributed by atoms with Crippen LogP contribution in [0.4, 0.5) is 22.0 Å². The fraction of sp³-hybridized carbons (Fsp3) is 0.333. The van der Waals surface area contributed by atoms with Gasteiger partial charge in [-0.1, -0.05) is 11.6 Å². The smallest absolute Gasteiger partial charge is 0.433 e. The van der Waals surface area contributed by atoms with Crippen molar-refractivity contribution >= 4 is 11.6 Å². The Morgan fingerprint density at radius 1 is 1.28 bits per heavy atom. The van der Waals surface area contributed by atoms with Crippen LogP contribution in [0.1, 0.15) is 11.3 Å². The molecule has 0 aliphatic heterocycles. The second-order valence-electron chi connectivity index (χ2n) is 5.16. The number of halogens is 6. The molecular weight excluding hydrogens is 371 g/mol. The highest BCUT2D eigenvalue weighted by molar-refractivity contribution is 6.32. The lowest BCUT2D eigenvalue weighted by Crippen LogP contribution is -2.22. The number of nitrogens with zero attached hydrogens (tertiary/aromatic N) is 2. The first-order valence-electron chi connectivity index (χ1n) is 6.87. The average Bonchev–Trinajstić information content (AvgIpc) is 2.47. The number of aryl methyl sites for hydroxylation is 2. The van der Waals surface area contributed by atoms with E-state index in [4.69, 9.17) is 16.3 Å². The zero-order chi connectivity index (χ0) is 18.9. The molecule has 0 radical (unpaired) electrons. The van der Waals surface area contributed by atoms with Crippen molar-refractivity contribution in [3.05, 3.63) is 44.7 Å². The zero-order valence-electron chi connectivity index (χ0n) is 13.0. The summed E-state index contributed by atoms with van der Waals surface area (Å²) in [6.07, 6.45) is -7.47. The van der Waals surface area contributed by atoms with E-state index in [1.807, 2.05) is 0 Å². The summed E-state index contributed by atoms with van der Waals surface area (Å²) in [5.41, 5.74) is -1.87. The van der Waals surface area contributed by atoms with Gasteiger partial charge in [-0.05, 0) is 24.6 Å². The third-order valence-corrected chi connectivity index (χ3v) is 3.58. The van der Waals surface area contributed by atoms with Crippen molar-refractivity contribution in [3.63, 3.8) is 0 Å². The summed E-state index contributed by atoms with van der Waals surface area (Å²) < 4.78 is 68.5. The van der Waals surface area contributed by atoms with Crippen molar-refractivity contribution in [2.75, 3.05) is 6.61 Å². The lowest BCUT2D eigenvalue weighted by atomic mass is 10.0. The highest BCUT2D eigenvalue weighted by atomic mass is 35.5. The van der Waals surface area contributed by atoms with Gasteiger partial charge < -0.3 is 4.74 Å². The number of benzene rings is 1. The topological polar surface area (TPSA) is 44.1 Å². The normalized spacial score (nSPS) is 11.9. The van der Waals surface area contributed by atoms with Crippen LogP contribution in [0.15, 0.2) is 23.0 Å². The number of rotatable bonds is 4. The first-order valence-corrected chi connectivity index (χ1v) is 7.25. The van der Waals surface area contributed by atoms with Crippen molar-refractivity contribution in [2.45, 2.75) is 19.5 Å². The molecule has 0 amide bonds. The van der Waals surface area contributed by atoms with Gasteiger partial charge in [-0.2, -0.15) is 18.3 Å². The summed E-state index contributed by atoms with van der Waals surface area (Å²) >= 11 is 5.91. The largest absolute Gasteiger partial charge is 0.486 e. The van der Waals surface area contributed by atoms with Crippen molar-refractivity contribution in [1.82, 2.24) is 9.78 Å². The Balaban J connectivity index is 2.57. The molecule has 10 heteroatoms. The molecule has 0 fully saturated rings. The van der Waals surface area contributed by atoms with E-state index in [0.717, 1.165) is 7.05 Å². The predicted molar refractivity (Wildman–Crippen MR) is 81.2 cm³/mol. The fourth-order valence-electron chi connectivity index (χ4n) is 2.16. The van der Waals surface area contributed by atoms with Crippen LogP contribution in [-0.4, -0.2) is 22.8 Å². The predicted octanol–water partition coefficient (Wildman–Crippen LogP) is 4.07. The molecule has 2 rings (SSSR count). The molecule has 4 nitrogen and oxygen atoms in total. The Labute approximate surface area is 143 Å². The molecule has 25 heavy (non-hydrogen) atoms. The van der Waals surface area contributed by atoms with Crippen molar-refractivity contribution in [3.8, 4) is 17.0 Å². The van der Waals surface area contributed by atoms with Gasteiger partial charge in [-0.15, -0.1) is 0 Å². The number of hydrogen-bond donors (Lipinski definition) is 0. The fourth-order valence-corrected chi connectivity index (χ4v) is 2.44. The minimum Gasteiger partial charge on any atom is -0.486 e. The number of alkyl halides is 5. The zero-order valence-corrected chi connectivity index (χ0v) is 13.8. The van der Waals surface area contributed by atoms with Crippen LogP contribution in [0.5, 0.6) is 5.75 Å². The second-order valence-corrected chi connectivity index (χ2v) is 5.57. The third kappa shape index (κ3) is 4.28. The maximum Gasteiger partial charge on any atom is 0.433 e. The molecule has 0 unspecified atom stereocenters. The molecule has 1 aromatic carbocycles. The van der Waals surface area contributed by atoms with Crippen molar-refractivity contribution in [2.24, 2.45) is 7.05 Å². The van der Waals surface area contributed by atoms with E-state index in [-0.39, 0.29) is 22.0 Å². The molecule has 0 aliphatic rings. The van der Waals surface area contributed by atoms with Crippen LogP contribution in [0.3, 0.4) is 0 Å². The third-order valence-electron chi connectivity index (χ3n) is 3.29. The standard InChI is InChI=1S/C15H12ClF5N2O2/c1-7-3-9(16)11(25-6-13(17)18)4-8(7)14-10(24)5-12(15(19,20)21)23(2)22-14/h3-5,13H,6H2,1-2H3. The lowest BCUT2D eigenvalue weighted by Gasteiger charge is -2.14. The SMILES string of the molecule is Cc1cc(Cl)c(OCC(F)F)cc1-c1nn(C)c(C(F)(F)F)cc1=O. The van der Waals surface area contributed by atoms with E-state index in [1.54, 1.807) is 6.92 Å². The van der Waals surface area contributed by atoms with Crippen LogP contribution in [0.25, 0.3) is 11.3 Å². The van der Waals surface area contributed by atoms with Gasteiger partial charge in [0.25, 0.3) is 6.43 Å². The quantitative estimate of drug-likeness (QED) is 0.749. The van der Waals surface area contributed by atoms with Gasteiger partial charge in [-0.25, -0.2) is 8.78 Å². The molecule has 2 aromatic rings. The van der Waals surface area contributed by atoms with Gasteiger partial charge in [0.05, 0.1) is 5.02 Å². The van der Waals surface area contributed by atoms with Gasteiger partial charge in [0, 0.05) is 18.7 Å². The summed E-state index contributed by atoms with van der Waals surface area (Å²) in [7, 11) is 1.05. The molecule has 0 saturated carbocycles. The van der Waals surface area contributed by atoms with Gasteiger partial charge in [0.15, 0.2) is 0 Å². The molecule has 0 atom stereocenters. The molecule has 1 heterocycles. The molecular formula is C15H12ClF5N2O2. The summed E-state index contributed by atoms with van der Waals surface area (Å²) in [5.74, 6) is -0.119. The van der Waals surface area contributed by atoms with Crippen LogP contribution in [-0.2, 0) is 13.2 Å². The molecule has 1 aromatic heterocycles. The first-order chi connectivity index (χ1) is 11.5. The summed E-state index contributed by atoms with van der Waals surface area (Å²) in [5, 5.41) is 3.71. The molecule has 0 spiro atoms. The van der Waals surface area contributed by atoms with Gasteiger partial charge in [-0.3, -0.25) is 9.48 Å². The van der Waals surface area contributed by atoms with Crippen molar-refractivity contribution in [1.29, 1.82) is 0 Å². The van der Waals surface area contributed by atoms with Gasteiger partial charge >= 0.3 is 6.18 Å². The van der Waals surface area contributed by atoms with Gasteiger partial charge in [0.2, 0.25) is 5.43 Å². The molecule has 0 aliphatic carbocycles. The average molecular weight is 383 g/mol. The van der Waals surface area contributed by atoms with E-state index in [0.29, 0.717) is 16.3 Å². The Bertz CT molecular complexity index is 849. The minimum atomic E-state index is -4.74.